The van der Waals surface area contributed by atoms with Crippen LogP contribution in [0.25, 0.3) is 11.3 Å². The summed E-state index contributed by atoms with van der Waals surface area (Å²) < 4.78 is 4.81. The Hall–Kier alpha value is -4.47. The first-order valence-corrected chi connectivity index (χ1v) is 12.1. The highest BCUT2D eigenvalue weighted by Gasteiger charge is 2.29. The number of carbonyl (C=O) groups is 3. The van der Waals surface area contributed by atoms with E-state index in [0.29, 0.717) is 52.5 Å². The van der Waals surface area contributed by atoms with E-state index in [4.69, 9.17) is 9.57 Å². The number of anilines is 2. The van der Waals surface area contributed by atoms with Gasteiger partial charge in [-0.3, -0.25) is 14.4 Å². The molecule has 196 valence electrons. The maximum absolute atomic E-state index is 13.2. The molecule has 0 saturated carbocycles. The van der Waals surface area contributed by atoms with E-state index in [1.807, 2.05) is 62.3 Å². The highest BCUT2D eigenvalue weighted by Crippen LogP contribution is 2.38. The Morgan fingerprint density at radius 3 is 2.42 bits per heavy atom. The molecule has 3 aromatic carbocycles. The van der Waals surface area contributed by atoms with Gasteiger partial charge in [-0.25, -0.2) is 10.3 Å². The Balaban J connectivity index is 1.66. The molecular formula is C29H30N4O5. The van der Waals surface area contributed by atoms with Crippen LogP contribution in [0.2, 0.25) is 0 Å². The largest absolute Gasteiger partial charge is 0.465 e. The van der Waals surface area contributed by atoms with Crippen LogP contribution in [0.5, 0.6) is 0 Å². The van der Waals surface area contributed by atoms with Crippen LogP contribution >= 0.6 is 0 Å². The van der Waals surface area contributed by atoms with E-state index in [-0.39, 0.29) is 11.8 Å². The second kappa shape index (κ2) is 11.7. The molecule has 0 aliphatic carbocycles. The highest BCUT2D eigenvalue weighted by atomic mass is 16.7. The van der Waals surface area contributed by atoms with Crippen LogP contribution in [0.3, 0.4) is 0 Å². The van der Waals surface area contributed by atoms with Gasteiger partial charge in [0.05, 0.1) is 36.2 Å². The summed E-state index contributed by atoms with van der Waals surface area (Å²) in [6.45, 7) is 2.89. The van der Waals surface area contributed by atoms with Gasteiger partial charge in [-0.05, 0) is 62.5 Å². The molecule has 0 atom stereocenters. The van der Waals surface area contributed by atoms with Crippen molar-refractivity contribution in [3.05, 3.63) is 94.5 Å². The van der Waals surface area contributed by atoms with Crippen LogP contribution in [0.15, 0.2) is 66.7 Å². The Kier molecular flexibility index (Phi) is 8.20. The number of hydrogen-bond acceptors (Lipinski definition) is 7. The Morgan fingerprint density at radius 1 is 0.974 bits per heavy atom. The van der Waals surface area contributed by atoms with Gasteiger partial charge in [0.25, 0.3) is 11.8 Å². The summed E-state index contributed by atoms with van der Waals surface area (Å²) in [5, 5.41) is 6.24. The molecule has 0 saturated heterocycles. The lowest BCUT2D eigenvalue weighted by molar-refractivity contribution is -0.110. The van der Waals surface area contributed by atoms with E-state index in [9.17, 15) is 14.4 Å². The first-order valence-electron chi connectivity index (χ1n) is 12.1. The third-order valence-corrected chi connectivity index (χ3v) is 6.04. The number of esters is 1. The lowest BCUT2D eigenvalue weighted by atomic mass is 9.98. The fourth-order valence-corrected chi connectivity index (χ4v) is 4.09. The molecule has 2 amide bonds. The molecule has 0 fully saturated rings. The minimum atomic E-state index is -0.483. The molecule has 0 spiro atoms. The smallest absolute Gasteiger partial charge is 0.337 e. The summed E-state index contributed by atoms with van der Waals surface area (Å²) in [6, 6.07) is 19.8. The van der Waals surface area contributed by atoms with E-state index in [2.05, 4.69) is 16.1 Å². The molecule has 9 heteroatoms. The number of benzene rings is 3. The topological polar surface area (TPSA) is 109 Å². The fourth-order valence-electron chi connectivity index (χ4n) is 4.09. The number of aryl methyl sites for hydroxylation is 1. The molecular weight excluding hydrogens is 484 g/mol. The fraction of sp³-hybridized carbons (Fsp3) is 0.207. The molecule has 0 aromatic heterocycles. The number of ether oxygens (including phenoxy) is 1. The van der Waals surface area contributed by atoms with Crippen LogP contribution in [0, 0.1) is 6.92 Å². The summed E-state index contributed by atoms with van der Waals surface area (Å²) >= 11 is 0. The first-order chi connectivity index (χ1) is 18.3. The zero-order valence-corrected chi connectivity index (χ0v) is 21.8. The Bertz CT molecular complexity index is 1400. The molecule has 3 N–H and O–H groups in total. The van der Waals surface area contributed by atoms with Gasteiger partial charge < -0.3 is 20.3 Å². The van der Waals surface area contributed by atoms with Crippen LogP contribution in [0.1, 0.15) is 37.4 Å². The van der Waals surface area contributed by atoms with Crippen molar-refractivity contribution in [2.75, 3.05) is 45.0 Å². The number of rotatable bonds is 9. The number of carbonyl (C=O) groups excluding carboxylic acids is 3. The van der Waals surface area contributed by atoms with Gasteiger partial charge in [-0.2, -0.15) is 0 Å². The Morgan fingerprint density at radius 2 is 1.74 bits per heavy atom. The number of hydroxylamine groups is 1. The quantitative estimate of drug-likeness (QED) is 0.172. The van der Waals surface area contributed by atoms with Gasteiger partial charge >= 0.3 is 5.97 Å². The van der Waals surface area contributed by atoms with Crippen molar-refractivity contribution in [2.45, 2.75) is 6.92 Å². The van der Waals surface area contributed by atoms with Crippen molar-refractivity contribution in [1.29, 1.82) is 0 Å². The van der Waals surface area contributed by atoms with E-state index in [1.165, 1.54) is 7.11 Å². The van der Waals surface area contributed by atoms with Crippen molar-refractivity contribution in [3.63, 3.8) is 0 Å². The third kappa shape index (κ3) is 5.91. The molecule has 1 heterocycles. The van der Waals surface area contributed by atoms with Crippen LogP contribution in [-0.4, -0.2) is 57.0 Å². The number of amides is 2. The summed E-state index contributed by atoms with van der Waals surface area (Å²) in [4.78, 5) is 45.0. The van der Waals surface area contributed by atoms with Gasteiger partial charge in [0, 0.05) is 23.4 Å². The third-order valence-electron chi connectivity index (χ3n) is 6.04. The SMILES string of the molecule is COC(=O)c1ccc2c(c1)NC(=O)/C2=C(\Nc1ccc(C(=O)NOCCN(C)C)c(C)c1)c1ccccc1. The summed E-state index contributed by atoms with van der Waals surface area (Å²) in [7, 11) is 5.16. The van der Waals surface area contributed by atoms with E-state index >= 15 is 0 Å². The summed E-state index contributed by atoms with van der Waals surface area (Å²) in [6.07, 6.45) is 0. The summed E-state index contributed by atoms with van der Waals surface area (Å²) in [5.74, 6) is -1.11. The molecule has 9 nitrogen and oxygen atoms in total. The maximum atomic E-state index is 13.2. The van der Waals surface area contributed by atoms with Crippen molar-refractivity contribution >= 4 is 40.4 Å². The molecule has 38 heavy (non-hydrogen) atoms. The van der Waals surface area contributed by atoms with Gasteiger partial charge in [0.2, 0.25) is 0 Å². The second-order valence-corrected chi connectivity index (χ2v) is 9.06. The normalized spacial score (nSPS) is 13.6. The van der Waals surface area contributed by atoms with Gasteiger partial charge in [-0.1, -0.05) is 36.4 Å². The molecule has 1 aliphatic rings. The van der Waals surface area contributed by atoms with Crippen molar-refractivity contribution < 1.29 is 24.0 Å². The maximum Gasteiger partial charge on any atom is 0.337 e. The predicted molar refractivity (Wildman–Crippen MR) is 146 cm³/mol. The molecule has 4 rings (SSSR count). The number of likely N-dealkylation sites (N-methyl/N-ethyl adjacent to an activating group) is 1. The average Bonchev–Trinajstić information content (AvgIpc) is 3.24. The number of hydrogen-bond donors (Lipinski definition) is 3. The van der Waals surface area contributed by atoms with Crippen molar-refractivity contribution in [1.82, 2.24) is 10.4 Å². The van der Waals surface area contributed by atoms with Crippen molar-refractivity contribution in [2.24, 2.45) is 0 Å². The van der Waals surface area contributed by atoms with Crippen LogP contribution < -0.4 is 16.1 Å². The number of fused-ring (bicyclic) bond motifs is 1. The van der Waals surface area contributed by atoms with Crippen molar-refractivity contribution in [3.8, 4) is 0 Å². The van der Waals surface area contributed by atoms with E-state index in [0.717, 1.165) is 11.1 Å². The Labute approximate surface area is 221 Å². The molecule has 0 bridgehead atoms. The zero-order chi connectivity index (χ0) is 27.2. The first kappa shape index (κ1) is 26.6. The molecule has 0 unspecified atom stereocenters. The van der Waals surface area contributed by atoms with Gasteiger partial charge in [0.15, 0.2) is 0 Å². The number of nitrogens with one attached hydrogen (secondary N) is 3. The summed E-state index contributed by atoms with van der Waals surface area (Å²) in [5.41, 5.74) is 7.77. The lowest BCUT2D eigenvalue weighted by Gasteiger charge is -2.16. The standard InChI is InChI=1S/C29H30N4O5/c1-18-16-21(11-13-22(18)27(34)32-38-15-14-33(2)3)30-26(19-8-6-5-7-9-19)25-23-12-10-20(29(36)37-4)17-24(23)31-28(25)35/h5-13,16-17,30H,14-15H2,1-4H3,(H,31,35)(H,32,34)/b26-25-. The van der Waals surface area contributed by atoms with Crippen LogP contribution in [-0.2, 0) is 14.4 Å². The average molecular weight is 515 g/mol. The predicted octanol–water partition coefficient (Wildman–Crippen LogP) is 3.94. The van der Waals surface area contributed by atoms with Gasteiger partial charge in [-0.15, -0.1) is 0 Å². The van der Waals surface area contributed by atoms with E-state index in [1.54, 1.807) is 30.3 Å². The number of nitrogens with zero attached hydrogens (tertiary/aromatic N) is 1. The lowest BCUT2D eigenvalue weighted by Crippen LogP contribution is -2.28. The number of methoxy groups -OCH3 is 1. The van der Waals surface area contributed by atoms with Crippen LogP contribution in [0.4, 0.5) is 11.4 Å². The van der Waals surface area contributed by atoms with E-state index < -0.39 is 5.97 Å². The molecule has 3 aromatic rings. The minimum Gasteiger partial charge on any atom is -0.465 e. The molecule has 0 radical (unpaired) electrons. The highest BCUT2D eigenvalue weighted by molar-refractivity contribution is 6.37. The minimum absolute atomic E-state index is 0.295. The monoisotopic (exact) mass is 514 g/mol. The zero-order valence-electron chi connectivity index (χ0n) is 21.8. The second-order valence-electron chi connectivity index (χ2n) is 9.06. The molecule has 1 aliphatic heterocycles. The van der Waals surface area contributed by atoms with Gasteiger partial charge in [0.1, 0.15) is 0 Å².